The van der Waals surface area contributed by atoms with Crippen LogP contribution in [0.25, 0.3) is 0 Å². The van der Waals surface area contributed by atoms with Gasteiger partial charge in [-0.3, -0.25) is 0 Å². The molecule has 3 rings (SSSR count). The van der Waals surface area contributed by atoms with Crippen molar-refractivity contribution in [2.45, 2.75) is 49.8 Å². The highest BCUT2D eigenvalue weighted by Crippen LogP contribution is 2.47. The summed E-state index contributed by atoms with van der Waals surface area (Å²) in [4.78, 5) is 3.10. The first-order chi connectivity index (χ1) is 8.43. The summed E-state index contributed by atoms with van der Waals surface area (Å²) in [5.74, 6) is 0.934. The van der Waals surface area contributed by atoms with E-state index >= 15 is 0 Å². The highest BCUT2D eigenvalue weighted by Gasteiger charge is 2.26. The molecule has 0 saturated heterocycles. The number of allylic oxidation sites excluding steroid dienone is 2. The zero-order valence-corrected chi connectivity index (χ0v) is 11.1. The molecule has 0 aromatic heterocycles. The molecule has 2 aliphatic rings. The Bertz CT molecular complexity index is 399. The van der Waals surface area contributed by atoms with Gasteiger partial charge in [0, 0.05) is 4.90 Å². The second-order valence-electron chi connectivity index (χ2n) is 5.20. The van der Waals surface area contributed by atoms with Crippen LogP contribution in [-0.4, -0.2) is 0 Å². The Morgan fingerprint density at radius 3 is 2.29 bits per heavy atom. The number of hydrogen-bond donors (Lipinski definition) is 0. The van der Waals surface area contributed by atoms with Crippen molar-refractivity contribution in [2.75, 3.05) is 0 Å². The van der Waals surface area contributed by atoms with E-state index in [1.165, 1.54) is 49.8 Å². The Balaban J connectivity index is 1.70. The quantitative estimate of drug-likeness (QED) is 0.685. The summed E-state index contributed by atoms with van der Waals surface area (Å²) >= 11 is 2.01. The largest absolute Gasteiger partial charge is 0.0946 e. The molecule has 1 saturated carbocycles. The molecule has 0 spiro atoms. The lowest BCUT2D eigenvalue weighted by Gasteiger charge is -2.32. The molecule has 1 aromatic rings. The van der Waals surface area contributed by atoms with Gasteiger partial charge in [0.2, 0.25) is 0 Å². The zero-order valence-electron chi connectivity index (χ0n) is 10.3. The molecule has 1 fully saturated rings. The van der Waals surface area contributed by atoms with E-state index in [2.05, 4.69) is 30.3 Å². The first-order valence-electron chi connectivity index (χ1n) is 6.88. The summed E-state index contributed by atoms with van der Waals surface area (Å²) in [5, 5.41) is 0. The molecule has 0 amide bonds. The van der Waals surface area contributed by atoms with Crippen LogP contribution in [0.5, 0.6) is 0 Å². The van der Waals surface area contributed by atoms with Crippen molar-refractivity contribution >= 4 is 11.8 Å². The molecule has 0 atom stereocenters. The fourth-order valence-corrected chi connectivity index (χ4v) is 4.18. The van der Waals surface area contributed by atoms with E-state index in [1.807, 2.05) is 11.8 Å². The molecule has 0 N–H and O–H groups in total. The fourth-order valence-electron chi connectivity index (χ4n) is 3.00. The fraction of sp³-hybridized carbons (Fsp3) is 0.500. The summed E-state index contributed by atoms with van der Waals surface area (Å²) in [7, 11) is 0. The number of hydrogen-bond acceptors (Lipinski definition) is 1. The van der Waals surface area contributed by atoms with E-state index in [0.717, 1.165) is 5.92 Å². The maximum Gasteiger partial charge on any atom is 0.0119 e. The second-order valence-corrected chi connectivity index (χ2v) is 6.37. The van der Waals surface area contributed by atoms with Crippen molar-refractivity contribution in [1.82, 2.24) is 0 Å². The zero-order chi connectivity index (χ0) is 11.5. The SMILES string of the molecule is c1ccc(SC2=C(C3CCCCC3)CC2)cc1. The minimum absolute atomic E-state index is 0.934. The Morgan fingerprint density at radius 1 is 0.882 bits per heavy atom. The van der Waals surface area contributed by atoms with Gasteiger partial charge in [0.15, 0.2) is 0 Å². The molecular weight excluding hydrogens is 224 g/mol. The standard InChI is InChI=1S/C16H20S/c1-3-7-13(8-4-1)15-11-12-16(15)17-14-9-5-2-6-10-14/h2,5-6,9-10,13H,1,3-4,7-8,11-12H2. The van der Waals surface area contributed by atoms with Crippen LogP contribution >= 0.6 is 11.8 Å². The third-order valence-corrected chi connectivity index (χ3v) is 5.28. The van der Waals surface area contributed by atoms with Crippen molar-refractivity contribution < 1.29 is 0 Å². The number of benzene rings is 1. The highest BCUT2D eigenvalue weighted by atomic mass is 32.2. The lowest BCUT2D eigenvalue weighted by molar-refractivity contribution is 0.384. The number of rotatable bonds is 3. The van der Waals surface area contributed by atoms with E-state index in [-0.39, 0.29) is 0 Å². The minimum atomic E-state index is 0.934. The van der Waals surface area contributed by atoms with Crippen LogP contribution in [0.3, 0.4) is 0 Å². The predicted molar refractivity (Wildman–Crippen MR) is 75.1 cm³/mol. The molecule has 0 unspecified atom stereocenters. The van der Waals surface area contributed by atoms with Gasteiger partial charge in [-0.15, -0.1) is 0 Å². The maximum absolute atomic E-state index is 2.23. The molecule has 2 aliphatic carbocycles. The third-order valence-electron chi connectivity index (χ3n) is 4.06. The Hall–Kier alpha value is -0.690. The molecule has 1 heteroatoms. The van der Waals surface area contributed by atoms with Gasteiger partial charge in [-0.25, -0.2) is 0 Å². The van der Waals surface area contributed by atoms with Gasteiger partial charge in [0.05, 0.1) is 0 Å². The van der Waals surface area contributed by atoms with E-state index in [1.54, 1.807) is 10.5 Å². The van der Waals surface area contributed by atoms with Crippen LogP contribution in [0.1, 0.15) is 44.9 Å². The summed E-state index contributed by atoms with van der Waals surface area (Å²) in [6, 6.07) is 10.8. The van der Waals surface area contributed by atoms with E-state index in [9.17, 15) is 0 Å². The van der Waals surface area contributed by atoms with Gasteiger partial charge in [0.25, 0.3) is 0 Å². The summed E-state index contributed by atoms with van der Waals surface area (Å²) < 4.78 is 0. The molecule has 0 aliphatic heterocycles. The molecule has 0 heterocycles. The number of thioether (sulfide) groups is 1. The van der Waals surface area contributed by atoms with Gasteiger partial charge >= 0.3 is 0 Å². The monoisotopic (exact) mass is 244 g/mol. The Labute approximate surface area is 109 Å². The van der Waals surface area contributed by atoms with Crippen molar-refractivity contribution in [2.24, 2.45) is 5.92 Å². The summed E-state index contributed by atoms with van der Waals surface area (Å²) in [6.45, 7) is 0. The molecule has 1 aromatic carbocycles. The topological polar surface area (TPSA) is 0 Å². The lowest BCUT2D eigenvalue weighted by Crippen LogP contribution is -2.15. The van der Waals surface area contributed by atoms with E-state index in [0.29, 0.717) is 0 Å². The average Bonchev–Trinajstić information content (AvgIpc) is 2.37. The first kappa shape index (κ1) is 11.4. The third kappa shape index (κ3) is 2.60. The maximum atomic E-state index is 2.23. The Morgan fingerprint density at radius 2 is 1.65 bits per heavy atom. The molecule has 0 bridgehead atoms. The van der Waals surface area contributed by atoms with Gasteiger partial charge < -0.3 is 0 Å². The normalized spacial score (nSPS) is 21.4. The van der Waals surface area contributed by atoms with Crippen molar-refractivity contribution in [1.29, 1.82) is 0 Å². The van der Waals surface area contributed by atoms with Gasteiger partial charge in [0.1, 0.15) is 0 Å². The predicted octanol–water partition coefficient (Wildman–Crippen LogP) is 5.41. The van der Waals surface area contributed by atoms with Crippen molar-refractivity contribution in [3.8, 4) is 0 Å². The van der Waals surface area contributed by atoms with Crippen LogP contribution in [0, 0.1) is 5.92 Å². The smallest absolute Gasteiger partial charge is 0.0119 e. The molecule has 17 heavy (non-hydrogen) atoms. The van der Waals surface area contributed by atoms with Crippen LogP contribution in [0.2, 0.25) is 0 Å². The summed E-state index contributed by atoms with van der Waals surface area (Å²) in [5.41, 5.74) is 1.80. The van der Waals surface area contributed by atoms with Gasteiger partial charge in [-0.2, -0.15) is 0 Å². The summed E-state index contributed by atoms with van der Waals surface area (Å²) in [6.07, 6.45) is 9.98. The molecule has 90 valence electrons. The van der Waals surface area contributed by atoms with Crippen LogP contribution in [0.4, 0.5) is 0 Å². The van der Waals surface area contributed by atoms with Crippen LogP contribution in [0.15, 0.2) is 45.7 Å². The van der Waals surface area contributed by atoms with Crippen molar-refractivity contribution in [3.05, 3.63) is 40.8 Å². The molecule has 0 radical (unpaired) electrons. The average molecular weight is 244 g/mol. The lowest BCUT2D eigenvalue weighted by atomic mass is 9.78. The van der Waals surface area contributed by atoms with Crippen LogP contribution in [-0.2, 0) is 0 Å². The van der Waals surface area contributed by atoms with E-state index < -0.39 is 0 Å². The van der Waals surface area contributed by atoms with Gasteiger partial charge in [-0.1, -0.05) is 54.8 Å². The molecule has 0 nitrogen and oxygen atoms in total. The highest BCUT2D eigenvalue weighted by molar-refractivity contribution is 8.03. The molecular formula is C16H20S. The van der Waals surface area contributed by atoms with E-state index in [4.69, 9.17) is 0 Å². The Kier molecular flexibility index (Phi) is 3.56. The first-order valence-corrected chi connectivity index (χ1v) is 7.70. The van der Waals surface area contributed by atoms with Crippen molar-refractivity contribution in [3.63, 3.8) is 0 Å². The minimum Gasteiger partial charge on any atom is -0.0946 e. The van der Waals surface area contributed by atoms with Crippen LogP contribution < -0.4 is 0 Å². The second kappa shape index (κ2) is 5.30. The van der Waals surface area contributed by atoms with Gasteiger partial charge in [-0.05, 0) is 48.6 Å².